The number of nitrogens with one attached hydrogen (secondary N) is 2. The fourth-order valence-electron chi connectivity index (χ4n) is 4.83. The molecule has 2 aromatic rings. The van der Waals surface area contributed by atoms with Gasteiger partial charge in [-0.2, -0.15) is 0 Å². The number of benzene rings is 2. The van der Waals surface area contributed by atoms with Crippen molar-refractivity contribution in [1.82, 2.24) is 15.7 Å². The van der Waals surface area contributed by atoms with E-state index < -0.39 is 17.9 Å². The maximum Gasteiger partial charge on any atom is 0.248 e. The first-order valence-electron chi connectivity index (χ1n) is 11.1. The third-order valence-corrected chi connectivity index (χ3v) is 6.95. The van der Waals surface area contributed by atoms with E-state index in [1.165, 1.54) is 0 Å². The standard InChI is InChI=1S/C26H27N3O3/c30-24(28-32)22-16-26(11-12-26)17-27-23(22)25(31)29-13-9-19(10-14-29)21-8-4-7-20(15-21)18-5-2-1-3-6-18/h1-10,13,15,22-23,27,32H,11-12,14,16-17H2,(H,28,30)/t22-,23-/m0/s1. The van der Waals surface area contributed by atoms with Gasteiger partial charge in [-0.25, -0.2) is 5.48 Å². The molecule has 1 aliphatic carbocycles. The number of hydrogen-bond donors (Lipinski definition) is 3. The number of hydrogen-bond acceptors (Lipinski definition) is 4. The van der Waals surface area contributed by atoms with Crippen LogP contribution in [0.1, 0.15) is 24.8 Å². The van der Waals surface area contributed by atoms with Crippen molar-refractivity contribution in [2.45, 2.75) is 25.3 Å². The maximum absolute atomic E-state index is 13.2. The quantitative estimate of drug-likeness (QED) is 0.514. The molecule has 2 aromatic carbocycles. The van der Waals surface area contributed by atoms with E-state index in [-0.39, 0.29) is 11.3 Å². The van der Waals surface area contributed by atoms with E-state index >= 15 is 0 Å². The predicted octanol–water partition coefficient (Wildman–Crippen LogP) is 3.36. The molecule has 0 radical (unpaired) electrons. The van der Waals surface area contributed by atoms with Gasteiger partial charge in [0.25, 0.3) is 0 Å². The number of allylic oxidation sites excluding steroid dienone is 2. The fourth-order valence-corrected chi connectivity index (χ4v) is 4.83. The Hall–Kier alpha value is -3.22. The van der Waals surface area contributed by atoms with E-state index in [0.717, 1.165) is 41.6 Å². The summed E-state index contributed by atoms with van der Waals surface area (Å²) in [6.07, 6.45) is 8.53. The lowest BCUT2D eigenvalue weighted by molar-refractivity contribution is -0.143. The molecule has 2 fully saturated rings. The second-order valence-electron chi connectivity index (χ2n) is 9.06. The van der Waals surface area contributed by atoms with E-state index in [1.807, 2.05) is 36.4 Å². The van der Waals surface area contributed by atoms with Crippen molar-refractivity contribution in [1.29, 1.82) is 0 Å². The lowest BCUT2D eigenvalue weighted by Gasteiger charge is -2.37. The second-order valence-corrected chi connectivity index (χ2v) is 9.06. The second kappa shape index (κ2) is 8.37. The minimum absolute atomic E-state index is 0.114. The molecule has 2 amide bonds. The first-order chi connectivity index (χ1) is 15.6. The third kappa shape index (κ3) is 3.99. The lowest BCUT2D eigenvalue weighted by Crippen LogP contribution is -2.58. The first kappa shape index (κ1) is 20.7. The molecule has 6 nitrogen and oxygen atoms in total. The molecule has 3 N–H and O–H groups in total. The Balaban J connectivity index is 1.30. The highest BCUT2D eigenvalue weighted by Gasteiger charge is 2.52. The van der Waals surface area contributed by atoms with E-state index in [4.69, 9.17) is 0 Å². The molecule has 2 heterocycles. The number of hydroxylamine groups is 1. The van der Waals surface area contributed by atoms with Crippen molar-refractivity contribution in [2.75, 3.05) is 13.1 Å². The van der Waals surface area contributed by atoms with Gasteiger partial charge in [0.2, 0.25) is 11.8 Å². The predicted molar refractivity (Wildman–Crippen MR) is 122 cm³/mol. The summed E-state index contributed by atoms with van der Waals surface area (Å²) in [6, 6.07) is 18.0. The van der Waals surface area contributed by atoms with Crippen molar-refractivity contribution >= 4 is 17.4 Å². The van der Waals surface area contributed by atoms with E-state index in [0.29, 0.717) is 13.0 Å². The van der Waals surface area contributed by atoms with E-state index in [1.54, 1.807) is 16.6 Å². The van der Waals surface area contributed by atoms with Crippen LogP contribution in [0.3, 0.4) is 0 Å². The summed E-state index contributed by atoms with van der Waals surface area (Å²) in [5.74, 6) is -1.19. The van der Waals surface area contributed by atoms with Crippen LogP contribution in [0.5, 0.6) is 0 Å². The largest absolute Gasteiger partial charge is 0.314 e. The van der Waals surface area contributed by atoms with Crippen LogP contribution in [0, 0.1) is 11.3 Å². The summed E-state index contributed by atoms with van der Waals surface area (Å²) < 4.78 is 0. The molecular weight excluding hydrogens is 402 g/mol. The van der Waals surface area contributed by atoms with Gasteiger partial charge in [-0.05, 0) is 59.1 Å². The van der Waals surface area contributed by atoms with Crippen molar-refractivity contribution in [2.24, 2.45) is 11.3 Å². The number of amides is 2. The van der Waals surface area contributed by atoms with Gasteiger partial charge < -0.3 is 10.2 Å². The Bertz CT molecular complexity index is 1090. The van der Waals surface area contributed by atoms with Gasteiger partial charge >= 0.3 is 0 Å². The number of rotatable bonds is 4. The van der Waals surface area contributed by atoms with Crippen molar-refractivity contribution in [3.05, 3.63) is 78.5 Å². The first-order valence-corrected chi connectivity index (χ1v) is 11.1. The van der Waals surface area contributed by atoms with Crippen LogP contribution in [0.2, 0.25) is 0 Å². The van der Waals surface area contributed by atoms with Crippen LogP contribution in [0.25, 0.3) is 16.7 Å². The minimum atomic E-state index is -0.630. The Morgan fingerprint density at radius 2 is 1.78 bits per heavy atom. The molecule has 0 unspecified atom stereocenters. The molecule has 2 aliphatic heterocycles. The highest BCUT2D eigenvalue weighted by molar-refractivity contribution is 5.91. The summed E-state index contributed by atoms with van der Waals surface area (Å²) in [5.41, 5.74) is 6.34. The number of carbonyl (C=O) groups is 2. The van der Waals surface area contributed by atoms with Crippen LogP contribution in [-0.4, -0.2) is 41.1 Å². The molecule has 32 heavy (non-hydrogen) atoms. The van der Waals surface area contributed by atoms with Gasteiger partial charge in [0.1, 0.15) is 0 Å². The molecule has 1 spiro atoms. The van der Waals surface area contributed by atoms with Gasteiger partial charge in [0.05, 0.1) is 12.0 Å². The topological polar surface area (TPSA) is 81.7 Å². The molecular formula is C26H27N3O3. The monoisotopic (exact) mass is 429 g/mol. The van der Waals surface area contributed by atoms with Crippen LogP contribution in [0.4, 0.5) is 0 Å². The summed E-state index contributed by atoms with van der Waals surface area (Å²) >= 11 is 0. The van der Waals surface area contributed by atoms with Gasteiger partial charge in [-0.1, -0.05) is 54.6 Å². The Kier molecular flexibility index (Phi) is 5.41. The Labute approximate surface area is 187 Å². The third-order valence-electron chi connectivity index (χ3n) is 6.95. The Morgan fingerprint density at radius 3 is 2.47 bits per heavy atom. The zero-order valence-electron chi connectivity index (χ0n) is 17.8. The zero-order chi connectivity index (χ0) is 22.1. The molecule has 0 aromatic heterocycles. The van der Waals surface area contributed by atoms with E-state index in [9.17, 15) is 14.8 Å². The summed E-state index contributed by atoms with van der Waals surface area (Å²) in [4.78, 5) is 27.1. The summed E-state index contributed by atoms with van der Waals surface area (Å²) in [5, 5.41) is 12.5. The van der Waals surface area contributed by atoms with Crippen LogP contribution in [-0.2, 0) is 9.59 Å². The van der Waals surface area contributed by atoms with Crippen LogP contribution >= 0.6 is 0 Å². The molecule has 5 rings (SSSR count). The minimum Gasteiger partial charge on any atom is -0.314 e. The molecule has 0 bridgehead atoms. The smallest absolute Gasteiger partial charge is 0.248 e. The average Bonchev–Trinajstić information content (AvgIpc) is 3.62. The van der Waals surface area contributed by atoms with Gasteiger partial charge in [-0.15, -0.1) is 0 Å². The molecule has 1 saturated carbocycles. The highest BCUT2D eigenvalue weighted by atomic mass is 16.5. The van der Waals surface area contributed by atoms with Gasteiger partial charge in [-0.3, -0.25) is 14.8 Å². The molecule has 6 heteroatoms. The Morgan fingerprint density at radius 1 is 1.03 bits per heavy atom. The zero-order valence-corrected chi connectivity index (χ0v) is 17.8. The normalized spacial score (nSPS) is 23.5. The molecule has 2 atom stereocenters. The highest BCUT2D eigenvalue weighted by Crippen LogP contribution is 2.52. The number of carbonyl (C=O) groups excluding carboxylic acids is 2. The molecule has 1 saturated heterocycles. The lowest BCUT2D eigenvalue weighted by atomic mass is 9.81. The average molecular weight is 430 g/mol. The van der Waals surface area contributed by atoms with Crippen LogP contribution in [0.15, 0.2) is 72.9 Å². The number of piperidine rings is 1. The van der Waals surface area contributed by atoms with Gasteiger partial charge in [0, 0.05) is 19.3 Å². The van der Waals surface area contributed by atoms with Gasteiger partial charge in [0.15, 0.2) is 0 Å². The SMILES string of the molecule is O=C(NO)[C@H]1CC2(CC2)CN[C@@H]1C(=O)N1C=CC(c2cccc(-c3ccccc3)c2)=CC1. The number of nitrogens with zero attached hydrogens (tertiary/aromatic N) is 1. The van der Waals surface area contributed by atoms with E-state index in [2.05, 4.69) is 35.6 Å². The maximum atomic E-state index is 13.2. The molecule has 164 valence electrons. The van der Waals surface area contributed by atoms with Crippen LogP contribution < -0.4 is 10.8 Å². The van der Waals surface area contributed by atoms with Crippen molar-refractivity contribution < 1.29 is 14.8 Å². The molecule has 3 aliphatic rings. The van der Waals surface area contributed by atoms with Crippen molar-refractivity contribution in [3.8, 4) is 11.1 Å². The fraction of sp³-hybridized carbons (Fsp3) is 0.308. The summed E-state index contributed by atoms with van der Waals surface area (Å²) in [7, 11) is 0. The van der Waals surface area contributed by atoms with Crippen molar-refractivity contribution in [3.63, 3.8) is 0 Å². The summed E-state index contributed by atoms with van der Waals surface area (Å²) in [6.45, 7) is 1.18.